The summed E-state index contributed by atoms with van der Waals surface area (Å²) in [6.07, 6.45) is 1.59. The van der Waals surface area contributed by atoms with E-state index in [9.17, 15) is 18.5 Å². The summed E-state index contributed by atoms with van der Waals surface area (Å²) in [6.45, 7) is 0. The third-order valence-corrected chi connectivity index (χ3v) is 6.29. The molecule has 2 aromatic carbocycles. The van der Waals surface area contributed by atoms with Crippen LogP contribution in [0.1, 0.15) is 17.3 Å². The van der Waals surface area contributed by atoms with Gasteiger partial charge in [-0.1, -0.05) is 36.4 Å². The van der Waals surface area contributed by atoms with E-state index < -0.39 is 26.7 Å². The van der Waals surface area contributed by atoms with Crippen molar-refractivity contribution in [2.45, 2.75) is 10.9 Å². The van der Waals surface area contributed by atoms with Gasteiger partial charge in [0.25, 0.3) is 0 Å². The molecule has 0 saturated heterocycles. The number of nitro benzene ring substituents is 1. The van der Waals surface area contributed by atoms with Crippen molar-refractivity contribution in [1.82, 2.24) is 9.29 Å². The van der Waals surface area contributed by atoms with E-state index >= 15 is 0 Å². The van der Waals surface area contributed by atoms with Crippen molar-refractivity contribution in [3.8, 4) is 5.75 Å². The van der Waals surface area contributed by atoms with Gasteiger partial charge in [-0.15, -0.1) is 0 Å². The molecule has 3 rings (SSSR count). The van der Waals surface area contributed by atoms with Gasteiger partial charge < -0.3 is 4.74 Å². The fourth-order valence-corrected chi connectivity index (χ4v) is 4.36. The molecule has 9 heteroatoms. The van der Waals surface area contributed by atoms with E-state index in [0.717, 1.165) is 15.9 Å². The number of aromatic nitrogens is 1. The molecule has 0 amide bonds. The van der Waals surface area contributed by atoms with Crippen molar-refractivity contribution in [3.05, 3.63) is 94.3 Å². The number of methoxy groups -OCH3 is 1. The van der Waals surface area contributed by atoms with E-state index in [1.807, 2.05) is 30.3 Å². The van der Waals surface area contributed by atoms with Gasteiger partial charge in [-0.2, -0.15) is 4.31 Å². The maximum Gasteiger partial charge on any atom is 0.312 e. The fraction of sp³-hybridized carbons (Fsp3) is 0.150. The molecule has 0 fully saturated rings. The number of benzene rings is 2. The Hall–Kier alpha value is -3.30. The van der Waals surface area contributed by atoms with E-state index in [4.69, 9.17) is 4.74 Å². The molecule has 0 aliphatic heterocycles. The van der Waals surface area contributed by atoms with Gasteiger partial charge in [0.05, 0.1) is 28.7 Å². The van der Waals surface area contributed by atoms with Gasteiger partial charge in [0.1, 0.15) is 0 Å². The van der Waals surface area contributed by atoms with Gasteiger partial charge in [0.2, 0.25) is 10.0 Å². The lowest BCUT2D eigenvalue weighted by Gasteiger charge is -2.27. The number of sulfonamides is 1. The maximum atomic E-state index is 13.3. The number of nitrogens with zero attached hydrogens (tertiary/aromatic N) is 3. The third-order valence-electron chi connectivity index (χ3n) is 4.47. The molecule has 150 valence electrons. The third kappa shape index (κ3) is 4.10. The second kappa shape index (κ2) is 8.38. The largest absolute Gasteiger partial charge is 0.490 e. The SMILES string of the molecule is COc1ccc(S(=O)(=O)N(C)C(c2ccccc2)c2ccccn2)cc1[N+](=O)[O-]. The van der Waals surface area contributed by atoms with Crippen LogP contribution in [0, 0.1) is 10.1 Å². The first-order valence-corrected chi connectivity index (χ1v) is 10.1. The minimum Gasteiger partial charge on any atom is -0.490 e. The lowest BCUT2D eigenvalue weighted by Crippen LogP contribution is -2.32. The summed E-state index contributed by atoms with van der Waals surface area (Å²) in [6, 6.07) is 17.2. The molecule has 1 aromatic heterocycles. The van der Waals surface area contributed by atoms with Gasteiger partial charge in [0.15, 0.2) is 5.75 Å². The molecule has 29 heavy (non-hydrogen) atoms. The van der Waals surface area contributed by atoms with Crippen LogP contribution in [0.25, 0.3) is 0 Å². The van der Waals surface area contributed by atoms with Crippen LogP contribution in [0.5, 0.6) is 5.75 Å². The summed E-state index contributed by atoms with van der Waals surface area (Å²) in [7, 11) is -1.37. The normalized spacial score (nSPS) is 12.5. The Kier molecular flexibility index (Phi) is 5.90. The number of pyridine rings is 1. The second-order valence-corrected chi connectivity index (χ2v) is 8.18. The molecule has 0 aliphatic carbocycles. The lowest BCUT2D eigenvalue weighted by atomic mass is 10.0. The van der Waals surface area contributed by atoms with Gasteiger partial charge in [-0.3, -0.25) is 15.1 Å². The summed E-state index contributed by atoms with van der Waals surface area (Å²) < 4.78 is 32.8. The van der Waals surface area contributed by atoms with E-state index in [-0.39, 0.29) is 10.6 Å². The molecule has 1 atom stereocenters. The van der Waals surface area contributed by atoms with Crippen molar-refractivity contribution in [2.24, 2.45) is 0 Å². The Labute approximate surface area is 168 Å². The molecule has 8 nitrogen and oxygen atoms in total. The Morgan fingerprint density at radius 1 is 1.07 bits per heavy atom. The Bertz CT molecular complexity index is 1070. The number of ether oxygens (including phenoxy) is 1. The molecule has 0 bridgehead atoms. The van der Waals surface area contributed by atoms with Gasteiger partial charge in [-0.05, 0) is 29.8 Å². The van der Waals surface area contributed by atoms with E-state index in [2.05, 4.69) is 4.98 Å². The van der Waals surface area contributed by atoms with Crippen LogP contribution in [0.15, 0.2) is 77.8 Å². The summed E-state index contributed by atoms with van der Waals surface area (Å²) in [5, 5.41) is 11.3. The molecule has 1 heterocycles. The van der Waals surface area contributed by atoms with E-state index in [1.165, 1.54) is 26.3 Å². The standard InChI is InChI=1S/C20H19N3O5S/c1-22(20(15-8-4-3-5-9-15)17-10-6-7-13-21-17)29(26,27)16-11-12-19(28-2)18(14-16)23(24)25/h3-14,20H,1-2H3. The van der Waals surface area contributed by atoms with Crippen LogP contribution in [0.3, 0.4) is 0 Å². The summed E-state index contributed by atoms with van der Waals surface area (Å²) >= 11 is 0. The predicted molar refractivity (Wildman–Crippen MR) is 107 cm³/mol. The quantitative estimate of drug-likeness (QED) is 0.434. The average Bonchev–Trinajstić information content (AvgIpc) is 2.74. The van der Waals surface area contributed by atoms with Crippen LogP contribution in [-0.4, -0.2) is 36.8 Å². The van der Waals surface area contributed by atoms with Crippen LogP contribution in [-0.2, 0) is 10.0 Å². The second-order valence-electron chi connectivity index (χ2n) is 6.18. The zero-order valence-corrected chi connectivity index (χ0v) is 16.6. The Morgan fingerprint density at radius 3 is 2.34 bits per heavy atom. The molecule has 0 N–H and O–H groups in total. The number of rotatable bonds is 7. The van der Waals surface area contributed by atoms with Gasteiger partial charge in [0, 0.05) is 19.3 Å². The molecule has 1 unspecified atom stereocenters. The molecule has 3 aromatic rings. The predicted octanol–water partition coefficient (Wildman–Crippen LogP) is 3.41. The topological polar surface area (TPSA) is 103 Å². The zero-order chi connectivity index (χ0) is 21.0. The minimum atomic E-state index is -4.08. The fourth-order valence-electron chi connectivity index (χ4n) is 3.02. The van der Waals surface area contributed by atoms with Crippen LogP contribution < -0.4 is 4.74 Å². The van der Waals surface area contributed by atoms with Crippen molar-refractivity contribution in [3.63, 3.8) is 0 Å². The van der Waals surface area contributed by atoms with Crippen molar-refractivity contribution in [1.29, 1.82) is 0 Å². The summed E-state index contributed by atoms with van der Waals surface area (Å²) in [5.74, 6) is -0.0130. The van der Waals surface area contributed by atoms with Crippen molar-refractivity contribution in [2.75, 3.05) is 14.2 Å². The number of hydrogen-bond donors (Lipinski definition) is 0. The number of hydrogen-bond acceptors (Lipinski definition) is 6. The van der Waals surface area contributed by atoms with E-state index in [1.54, 1.807) is 24.4 Å². The minimum absolute atomic E-state index is 0.0130. The summed E-state index contributed by atoms with van der Waals surface area (Å²) in [4.78, 5) is 14.8. The van der Waals surface area contributed by atoms with Crippen molar-refractivity contribution >= 4 is 15.7 Å². The first-order chi connectivity index (χ1) is 13.9. The molecule has 0 radical (unpaired) electrons. The Morgan fingerprint density at radius 2 is 1.76 bits per heavy atom. The molecular weight excluding hydrogens is 394 g/mol. The maximum absolute atomic E-state index is 13.3. The molecule has 0 saturated carbocycles. The zero-order valence-electron chi connectivity index (χ0n) is 15.8. The Balaban J connectivity index is 2.11. The average molecular weight is 413 g/mol. The van der Waals surface area contributed by atoms with Crippen molar-refractivity contribution < 1.29 is 18.1 Å². The molecule has 0 spiro atoms. The summed E-state index contributed by atoms with van der Waals surface area (Å²) in [5.41, 5.74) is 0.837. The highest BCUT2D eigenvalue weighted by atomic mass is 32.2. The molecular formula is C20H19N3O5S. The monoisotopic (exact) mass is 413 g/mol. The van der Waals surface area contributed by atoms with Crippen LogP contribution in [0.2, 0.25) is 0 Å². The highest BCUT2D eigenvalue weighted by molar-refractivity contribution is 7.89. The highest BCUT2D eigenvalue weighted by Crippen LogP contribution is 2.34. The first-order valence-electron chi connectivity index (χ1n) is 8.62. The van der Waals surface area contributed by atoms with Gasteiger partial charge in [-0.25, -0.2) is 8.42 Å². The highest BCUT2D eigenvalue weighted by Gasteiger charge is 2.32. The number of nitro groups is 1. The van der Waals surface area contributed by atoms with Gasteiger partial charge >= 0.3 is 5.69 Å². The smallest absolute Gasteiger partial charge is 0.312 e. The van der Waals surface area contributed by atoms with E-state index in [0.29, 0.717) is 5.69 Å². The van der Waals surface area contributed by atoms with Crippen LogP contribution >= 0.6 is 0 Å². The first kappa shape index (κ1) is 20.4. The van der Waals surface area contributed by atoms with Crippen LogP contribution in [0.4, 0.5) is 5.69 Å². The lowest BCUT2D eigenvalue weighted by molar-refractivity contribution is -0.386. The molecule has 0 aliphatic rings.